The molecule has 0 unspecified atom stereocenters. The molecular formula is C33H55NO5SSi. The van der Waals surface area contributed by atoms with Crippen LogP contribution in [0.4, 0.5) is 0 Å². The minimum atomic E-state index is -2.36. The van der Waals surface area contributed by atoms with Crippen LogP contribution in [0.1, 0.15) is 105 Å². The summed E-state index contributed by atoms with van der Waals surface area (Å²) in [5.74, 6) is -1.06. The summed E-state index contributed by atoms with van der Waals surface area (Å²) in [6.07, 6.45) is 5.44. The first-order valence-electron chi connectivity index (χ1n) is 15.1. The van der Waals surface area contributed by atoms with E-state index in [4.69, 9.17) is 9.16 Å². The van der Waals surface area contributed by atoms with Gasteiger partial charge in [-0.3, -0.25) is 9.59 Å². The summed E-state index contributed by atoms with van der Waals surface area (Å²) in [6, 6.07) is 0. The monoisotopic (exact) mass is 605 g/mol. The molecule has 0 spiro atoms. The molecule has 0 saturated heterocycles. The standard InChI is InChI=1S/C33H55NO5SSi/c1-21-14-13-15-22(2)30(36)24(4)31(37)33(9,10)28(39-41(11,12)32(6,7)8)19-29(35)38-27(17-16-21)23(3)18-26-20-40-25(5)34-26/h16,18,20,22,24,27-28,30,36H,13-15,17,19H2,1-12H3/b21-16-,23-18+/t22-,24-,27-,28-,30+/m0/s1. The molecule has 1 N–H and O–H groups in total. The third kappa shape index (κ3) is 9.70. The molecule has 0 aromatic carbocycles. The number of allylic oxidation sites excluding steroid dienone is 1. The van der Waals surface area contributed by atoms with E-state index in [9.17, 15) is 14.7 Å². The number of aryl methyl sites for hydroxylation is 1. The van der Waals surface area contributed by atoms with Crippen molar-refractivity contribution in [3.63, 3.8) is 0 Å². The highest BCUT2D eigenvalue weighted by Gasteiger charge is 2.48. The zero-order valence-corrected chi connectivity index (χ0v) is 29.4. The van der Waals surface area contributed by atoms with Gasteiger partial charge in [-0.25, -0.2) is 4.98 Å². The predicted octanol–water partition coefficient (Wildman–Crippen LogP) is 8.30. The Hall–Kier alpha value is -1.61. The highest BCUT2D eigenvalue weighted by Crippen LogP contribution is 2.42. The second-order valence-electron chi connectivity index (χ2n) is 14.3. The molecule has 6 nitrogen and oxygen atoms in total. The Labute approximate surface area is 254 Å². The summed E-state index contributed by atoms with van der Waals surface area (Å²) in [5.41, 5.74) is 2.01. The molecular weight excluding hydrogens is 551 g/mol. The Morgan fingerprint density at radius 3 is 2.41 bits per heavy atom. The third-order valence-electron chi connectivity index (χ3n) is 9.25. The zero-order chi connectivity index (χ0) is 31.3. The predicted molar refractivity (Wildman–Crippen MR) is 172 cm³/mol. The Morgan fingerprint density at radius 1 is 1.22 bits per heavy atom. The van der Waals surface area contributed by atoms with Crippen molar-refractivity contribution in [1.29, 1.82) is 0 Å². The van der Waals surface area contributed by atoms with E-state index in [1.54, 1.807) is 11.3 Å². The zero-order valence-electron chi connectivity index (χ0n) is 27.6. The SMILES string of the molecule is C/C1=C/C[C@@H](/C(C)=C/c2csc(C)n2)OC(=O)C[C@H](O[Si](C)(C)C(C)(C)C)C(C)(C)C(=O)[C@@H](C)[C@H](O)[C@@H](C)CCC1. The van der Waals surface area contributed by atoms with Gasteiger partial charge in [-0.1, -0.05) is 60.1 Å². The van der Waals surface area contributed by atoms with Gasteiger partial charge in [0.2, 0.25) is 0 Å². The fraction of sp³-hybridized carbons (Fsp3) is 0.727. The van der Waals surface area contributed by atoms with Gasteiger partial charge in [0.15, 0.2) is 8.32 Å². The molecule has 2 heterocycles. The minimum absolute atomic E-state index is 0.0188. The number of ether oxygens (including phenoxy) is 1. The summed E-state index contributed by atoms with van der Waals surface area (Å²) >= 11 is 1.59. The van der Waals surface area contributed by atoms with Crippen LogP contribution in [0, 0.1) is 24.2 Å². The summed E-state index contributed by atoms with van der Waals surface area (Å²) in [4.78, 5) is 32.2. The molecule has 0 saturated carbocycles. The number of aliphatic hydroxyl groups excluding tert-OH is 1. The molecule has 0 radical (unpaired) electrons. The van der Waals surface area contributed by atoms with Crippen LogP contribution >= 0.6 is 11.3 Å². The van der Waals surface area contributed by atoms with Gasteiger partial charge in [0.1, 0.15) is 11.9 Å². The molecule has 0 aliphatic carbocycles. The smallest absolute Gasteiger partial charge is 0.309 e. The average molecular weight is 606 g/mol. The van der Waals surface area contributed by atoms with Crippen molar-refractivity contribution in [2.75, 3.05) is 0 Å². The highest BCUT2D eigenvalue weighted by molar-refractivity contribution is 7.09. The Bertz CT molecular complexity index is 1110. The van der Waals surface area contributed by atoms with E-state index < -0.39 is 38.0 Å². The number of aliphatic hydroxyl groups is 1. The molecule has 1 aliphatic rings. The fourth-order valence-corrected chi connectivity index (χ4v) is 7.12. The first kappa shape index (κ1) is 35.6. The molecule has 0 fully saturated rings. The number of rotatable bonds is 4. The van der Waals surface area contributed by atoms with Crippen molar-refractivity contribution in [2.45, 2.75) is 138 Å². The van der Waals surface area contributed by atoms with Crippen LogP contribution in [-0.2, 0) is 18.8 Å². The Morgan fingerprint density at radius 2 is 1.85 bits per heavy atom. The topological polar surface area (TPSA) is 85.7 Å². The average Bonchev–Trinajstić information content (AvgIpc) is 3.27. The maximum atomic E-state index is 14.0. The van der Waals surface area contributed by atoms with Crippen LogP contribution in [0.2, 0.25) is 18.1 Å². The normalized spacial score (nSPS) is 29.5. The van der Waals surface area contributed by atoms with Gasteiger partial charge in [0.25, 0.3) is 0 Å². The van der Waals surface area contributed by atoms with E-state index in [0.29, 0.717) is 6.42 Å². The van der Waals surface area contributed by atoms with Crippen LogP contribution in [0.15, 0.2) is 22.6 Å². The van der Waals surface area contributed by atoms with Gasteiger partial charge in [0, 0.05) is 23.1 Å². The number of thiazole rings is 1. The molecule has 0 amide bonds. The van der Waals surface area contributed by atoms with Gasteiger partial charge < -0.3 is 14.3 Å². The number of esters is 1. The van der Waals surface area contributed by atoms with Crippen molar-refractivity contribution in [1.82, 2.24) is 4.98 Å². The lowest BCUT2D eigenvalue weighted by atomic mass is 9.73. The van der Waals surface area contributed by atoms with Crippen LogP contribution in [-0.4, -0.2) is 48.5 Å². The molecule has 1 aromatic heterocycles. The number of nitrogens with zero attached hydrogens (tertiary/aromatic N) is 1. The summed E-state index contributed by atoms with van der Waals surface area (Å²) in [7, 11) is -2.36. The number of ketones is 1. The minimum Gasteiger partial charge on any atom is -0.457 e. The summed E-state index contributed by atoms with van der Waals surface area (Å²) in [5, 5.41) is 14.1. The first-order valence-corrected chi connectivity index (χ1v) is 18.9. The first-order chi connectivity index (χ1) is 18.8. The molecule has 232 valence electrons. The number of hydrogen-bond donors (Lipinski definition) is 1. The van der Waals surface area contributed by atoms with Gasteiger partial charge in [0.05, 0.1) is 29.3 Å². The summed E-state index contributed by atoms with van der Waals surface area (Å²) in [6.45, 7) is 24.3. The lowest BCUT2D eigenvalue weighted by molar-refractivity contribution is -0.153. The third-order valence-corrected chi connectivity index (χ3v) is 14.5. The van der Waals surface area contributed by atoms with Crippen molar-refractivity contribution < 1.29 is 23.9 Å². The van der Waals surface area contributed by atoms with Crippen molar-refractivity contribution in [3.8, 4) is 0 Å². The molecule has 1 aliphatic heterocycles. The number of carbonyl (C=O) groups excluding carboxylic acids is 2. The lowest BCUT2D eigenvalue weighted by Gasteiger charge is -2.44. The van der Waals surface area contributed by atoms with Crippen molar-refractivity contribution >= 4 is 37.5 Å². The number of aromatic nitrogens is 1. The number of cyclic esters (lactones) is 1. The van der Waals surface area contributed by atoms with Crippen LogP contribution in [0.3, 0.4) is 0 Å². The Balaban J connectivity index is 2.53. The lowest BCUT2D eigenvalue weighted by Crippen LogP contribution is -2.52. The van der Waals surface area contributed by atoms with E-state index in [1.165, 1.54) is 5.57 Å². The quantitative estimate of drug-likeness (QED) is 0.211. The van der Waals surface area contributed by atoms with Crippen LogP contribution in [0.25, 0.3) is 6.08 Å². The van der Waals surface area contributed by atoms with Gasteiger partial charge in [-0.2, -0.15) is 0 Å². The molecule has 2 rings (SSSR count). The second-order valence-corrected chi connectivity index (χ2v) is 20.1. The number of Topliss-reactive ketones (excluding diaryl/α,β-unsaturated/α-hetero) is 1. The van der Waals surface area contributed by atoms with Crippen molar-refractivity contribution in [2.24, 2.45) is 17.3 Å². The maximum absolute atomic E-state index is 14.0. The highest BCUT2D eigenvalue weighted by atomic mass is 32.1. The van der Waals surface area contributed by atoms with E-state index in [1.807, 2.05) is 53.0 Å². The fourth-order valence-electron chi connectivity index (χ4n) is 5.11. The second kappa shape index (κ2) is 14.2. The number of hydrogen-bond acceptors (Lipinski definition) is 7. The van der Waals surface area contributed by atoms with Gasteiger partial charge >= 0.3 is 5.97 Å². The Kier molecular flexibility index (Phi) is 12.4. The van der Waals surface area contributed by atoms with Gasteiger partial charge in [-0.15, -0.1) is 11.3 Å². The summed E-state index contributed by atoms with van der Waals surface area (Å²) < 4.78 is 13.0. The molecule has 0 bridgehead atoms. The van der Waals surface area contributed by atoms with E-state index in [0.717, 1.165) is 35.5 Å². The van der Waals surface area contributed by atoms with Gasteiger partial charge in [-0.05, 0) is 75.7 Å². The maximum Gasteiger partial charge on any atom is 0.309 e. The molecule has 5 atom stereocenters. The van der Waals surface area contributed by atoms with Crippen molar-refractivity contribution in [3.05, 3.63) is 33.3 Å². The largest absolute Gasteiger partial charge is 0.457 e. The van der Waals surface area contributed by atoms with Crippen LogP contribution < -0.4 is 0 Å². The molecule has 41 heavy (non-hydrogen) atoms. The van der Waals surface area contributed by atoms with E-state index >= 15 is 0 Å². The number of carbonyl (C=O) groups is 2. The van der Waals surface area contributed by atoms with E-state index in [2.05, 4.69) is 51.8 Å². The molecule has 8 heteroatoms. The molecule has 1 aromatic rings. The van der Waals surface area contributed by atoms with E-state index in [-0.39, 0.29) is 29.1 Å². The van der Waals surface area contributed by atoms with Crippen LogP contribution in [0.5, 0.6) is 0 Å².